The topological polar surface area (TPSA) is 68.1 Å². The van der Waals surface area contributed by atoms with Crippen LogP contribution < -0.4 is 5.56 Å². The van der Waals surface area contributed by atoms with E-state index in [4.69, 9.17) is 0 Å². The number of amides is 1. The summed E-state index contributed by atoms with van der Waals surface area (Å²) in [4.78, 5) is 31.1. The molecule has 1 aliphatic heterocycles. The Balaban J connectivity index is 1.59. The minimum Gasteiger partial charge on any atom is -0.332 e. The first-order chi connectivity index (χ1) is 12.2. The molecule has 1 atom stereocenters. The van der Waals surface area contributed by atoms with E-state index in [1.54, 1.807) is 18.3 Å². The molecule has 0 saturated carbocycles. The van der Waals surface area contributed by atoms with Gasteiger partial charge in [-0.15, -0.1) is 0 Å². The average molecular weight is 334 g/mol. The zero-order valence-electron chi connectivity index (χ0n) is 13.7. The number of rotatable bonds is 3. The van der Waals surface area contributed by atoms with Crippen LogP contribution in [0.15, 0.2) is 59.5 Å². The monoisotopic (exact) mass is 334 g/mol. The normalized spacial score (nSPS) is 17.1. The van der Waals surface area contributed by atoms with E-state index in [1.807, 2.05) is 35.2 Å². The predicted molar refractivity (Wildman–Crippen MR) is 94.3 cm³/mol. The maximum atomic E-state index is 12.9. The van der Waals surface area contributed by atoms with Crippen molar-refractivity contribution >= 4 is 16.8 Å². The van der Waals surface area contributed by atoms with Gasteiger partial charge in [0, 0.05) is 24.2 Å². The Hall–Kier alpha value is -3.02. The predicted octanol–water partition coefficient (Wildman–Crippen LogP) is 2.10. The van der Waals surface area contributed by atoms with Crippen LogP contribution in [0.4, 0.5) is 0 Å². The third kappa shape index (κ3) is 3.03. The Kier molecular flexibility index (Phi) is 4.01. The van der Waals surface area contributed by atoms with Gasteiger partial charge in [0.25, 0.3) is 11.5 Å². The highest BCUT2D eigenvalue weighted by Crippen LogP contribution is 2.21. The molecule has 3 aromatic rings. The third-order valence-corrected chi connectivity index (χ3v) is 4.62. The molecule has 0 spiro atoms. The number of benzene rings is 1. The van der Waals surface area contributed by atoms with Crippen LogP contribution in [0.5, 0.6) is 0 Å². The van der Waals surface area contributed by atoms with Gasteiger partial charge < -0.3 is 4.90 Å². The first-order valence-corrected chi connectivity index (χ1v) is 8.41. The highest BCUT2D eigenvalue weighted by Gasteiger charge is 2.30. The van der Waals surface area contributed by atoms with E-state index >= 15 is 0 Å². The molecule has 25 heavy (non-hydrogen) atoms. The fourth-order valence-corrected chi connectivity index (χ4v) is 3.35. The SMILES string of the molecule is O=C(c1ccc2ccccc2n1)N1CCCC1Cn1ncccc1=O. The molecule has 0 aliphatic carbocycles. The maximum Gasteiger partial charge on any atom is 0.272 e. The number of aromatic nitrogens is 3. The first-order valence-electron chi connectivity index (χ1n) is 8.41. The van der Waals surface area contributed by atoms with Crippen LogP contribution in [0.2, 0.25) is 0 Å². The van der Waals surface area contributed by atoms with Crippen LogP contribution in [-0.2, 0) is 6.54 Å². The lowest BCUT2D eigenvalue weighted by Gasteiger charge is -2.24. The van der Waals surface area contributed by atoms with Crippen molar-refractivity contribution in [3.63, 3.8) is 0 Å². The lowest BCUT2D eigenvalue weighted by Crippen LogP contribution is -2.40. The average Bonchev–Trinajstić information content (AvgIpc) is 3.11. The lowest BCUT2D eigenvalue weighted by molar-refractivity contribution is 0.0715. The molecule has 1 amide bonds. The molecule has 3 heterocycles. The Bertz CT molecular complexity index is 982. The molecule has 0 radical (unpaired) electrons. The highest BCUT2D eigenvalue weighted by atomic mass is 16.2. The van der Waals surface area contributed by atoms with Crippen LogP contribution in [0.1, 0.15) is 23.3 Å². The maximum absolute atomic E-state index is 12.9. The van der Waals surface area contributed by atoms with Gasteiger partial charge in [-0.05, 0) is 31.0 Å². The van der Waals surface area contributed by atoms with E-state index in [2.05, 4.69) is 10.1 Å². The summed E-state index contributed by atoms with van der Waals surface area (Å²) in [6.07, 6.45) is 3.38. The summed E-state index contributed by atoms with van der Waals surface area (Å²) in [5.74, 6) is -0.0859. The van der Waals surface area contributed by atoms with E-state index in [0.29, 0.717) is 18.8 Å². The van der Waals surface area contributed by atoms with Crippen LogP contribution in [-0.4, -0.2) is 38.2 Å². The number of likely N-dealkylation sites (tertiary alicyclic amines) is 1. The second kappa shape index (κ2) is 6.47. The molecule has 1 aromatic carbocycles. The highest BCUT2D eigenvalue weighted by molar-refractivity contribution is 5.95. The Labute approximate surface area is 144 Å². The molecule has 1 aliphatic rings. The van der Waals surface area contributed by atoms with Crippen molar-refractivity contribution in [2.75, 3.05) is 6.54 Å². The van der Waals surface area contributed by atoms with Crippen molar-refractivity contribution in [2.45, 2.75) is 25.4 Å². The summed E-state index contributed by atoms with van der Waals surface area (Å²) < 4.78 is 1.42. The van der Waals surface area contributed by atoms with E-state index in [9.17, 15) is 9.59 Å². The van der Waals surface area contributed by atoms with Crippen LogP contribution >= 0.6 is 0 Å². The van der Waals surface area contributed by atoms with E-state index < -0.39 is 0 Å². The number of hydrogen-bond donors (Lipinski definition) is 0. The minimum absolute atomic E-state index is 0.0339. The second-order valence-electron chi connectivity index (χ2n) is 6.23. The number of para-hydroxylation sites is 1. The lowest BCUT2D eigenvalue weighted by atomic mass is 10.2. The number of carbonyl (C=O) groups is 1. The van der Waals surface area contributed by atoms with Gasteiger partial charge in [-0.2, -0.15) is 5.10 Å². The van der Waals surface area contributed by atoms with Gasteiger partial charge in [-0.3, -0.25) is 9.59 Å². The summed E-state index contributed by atoms with van der Waals surface area (Å²) in [6, 6.07) is 14.5. The smallest absolute Gasteiger partial charge is 0.272 e. The Morgan fingerprint density at radius 1 is 1.12 bits per heavy atom. The zero-order chi connectivity index (χ0) is 17.2. The molecule has 2 aromatic heterocycles. The van der Waals surface area contributed by atoms with Crippen LogP contribution in [0.25, 0.3) is 10.9 Å². The third-order valence-electron chi connectivity index (χ3n) is 4.62. The summed E-state index contributed by atoms with van der Waals surface area (Å²) in [7, 11) is 0. The van der Waals surface area contributed by atoms with Crippen LogP contribution in [0, 0.1) is 0 Å². The van der Waals surface area contributed by atoms with Gasteiger partial charge in [-0.1, -0.05) is 24.3 Å². The molecule has 0 N–H and O–H groups in total. The fourth-order valence-electron chi connectivity index (χ4n) is 3.35. The number of pyridine rings is 1. The van der Waals surface area contributed by atoms with E-state index in [0.717, 1.165) is 23.7 Å². The summed E-state index contributed by atoms with van der Waals surface area (Å²) in [5.41, 5.74) is 1.11. The Morgan fingerprint density at radius 2 is 2.00 bits per heavy atom. The first kappa shape index (κ1) is 15.5. The van der Waals surface area contributed by atoms with E-state index in [-0.39, 0.29) is 17.5 Å². The van der Waals surface area contributed by atoms with Crippen molar-refractivity contribution in [3.8, 4) is 0 Å². The van der Waals surface area contributed by atoms with Crippen LogP contribution in [0.3, 0.4) is 0 Å². The molecule has 6 heteroatoms. The molecule has 1 saturated heterocycles. The summed E-state index contributed by atoms with van der Waals surface area (Å²) in [5, 5.41) is 5.11. The van der Waals surface area contributed by atoms with Gasteiger partial charge in [0.2, 0.25) is 0 Å². The second-order valence-corrected chi connectivity index (χ2v) is 6.23. The van der Waals surface area contributed by atoms with Crippen molar-refractivity contribution in [3.05, 3.63) is 70.8 Å². The molecule has 1 unspecified atom stereocenters. The largest absolute Gasteiger partial charge is 0.332 e. The number of fused-ring (bicyclic) bond motifs is 1. The number of nitrogens with zero attached hydrogens (tertiary/aromatic N) is 4. The van der Waals surface area contributed by atoms with Crippen molar-refractivity contribution < 1.29 is 4.79 Å². The zero-order valence-corrected chi connectivity index (χ0v) is 13.7. The molecule has 0 bridgehead atoms. The summed E-state index contributed by atoms with van der Waals surface area (Å²) in [6.45, 7) is 1.10. The van der Waals surface area contributed by atoms with Crippen molar-refractivity contribution in [1.82, 2.24) is 19.7 Å². The minimum atomic E-state index is -0.148. The van der Waals surface area contributed by atoms with Gasteiger partial charge in [0.1, 0.15) is 5.69 Å². The number of carbonyl (C=O) groups excluding carboxylic acids is 1. The van der Waals surface area contributed by atoms with Gasteiger partial charge >= 0.3 is 0 Å². The standard InChI is InChI=1S/C19H18N4O2/c24-18-8-3-11-20-23(18)13-15-6-4-12-22(15)19(25)17-10-9-14-5-1-2-7-16(14)21-17/h1-3,5,7-11,15H,4,6,12-13H2. The van der Waals surface area contributed by atoms with Gasteiger partial charge in [0.05, 0.1) is 18.1 Å². The molecule has 126 valence electrons. The Morgan fingerprint density at radius 3 is 2.88 bits per heavy atom. The van der Waals surface area contributed by atoms with Crippen molar-refractivity contribution in [1.29, 1.82) is 0 Å². The molecule has 1 fully saturated rings. The van der Waals surface area contributed by atoms with Gasteiger partial charge in [0.15, 0.2) is 0 Å². The quantitative estimate of drug-likeness (QED) is 0.735. The van der Waals surface area contributed by atoms with Crippen molar-refractivity contribution in [2.24, 2.45) is 0 Å². The van der Waals surface area contributed by atoms with E-state index in [1.165, 1.54) is 10.7 Å². The fraction of sp³-hybridized carbons (Fsp3) is 0.263. The number of hydrogen-bond acceptors (Lipinski definition) is 4. The van der Waals surface area contributed by atoms with Gasteiger partial charge in [-0.25, -0.2) is 9.67 Å². The summed E-state index contributed by atoms with van der Waals surface area (Å²) >= 11 is 0. The molecule has 4 rings (SSSR count). The molecular weight excluding hydrogens is 316 g/mol. The molecular formula is C19H18N4O2. The molecule has 6 nitrogen and oxygen atoms in total.